The van der Waals surface area contributed by atoms with Gasteiger partial charge in [-0.2, -0.15) is 0 Å². The second kappa shape index (κ2) is 9.29. The SMILES string of the molecule is CCOc1ccc(C(=O)OCC(=O)NNC(C)=O)cc1OCC. The Morgan fingerprint density at radius 1 is 1.00 bits per heavy atom. The topological polar surface area (TPSA) is 103 Å². The highest BCUT2D eigenvalue weighted by atomic mass is 16.5. The normalized spacial score (nSPS) is 9.70. The van der Waals surface area contributed by atoms with Crippen LogP contribution in [0.25, 0.3) is 0 Å². The molecule has 0 bridgehead atoms. The molecular weight excluding hydrogens is 304 g/mol. The first kappa shape index (κ1) is 18.3. The van der Waals surface area contributed by atoms with Gasteiger partial charge < -0.3 is 14.2 Å². The third-order valence-electron chi connectivity index (χ3n) is 2.49. The number of ether oxygens (including phenoxy) is 3. The number of rotatable bonds is 7. The Labute approximate surface area is 134 Å². The Balaban J connectivity index is 2.66. The number of carbonyl (C=O) groups excluding carboxylic acids is 3. The molecule has 0 aromatic heterocycles. The van der Waals surface area contributed by atoms with Gasteiger partial charge in [-0.05, 0) is 32.0 Å². The highest BCUT2D eigenvalue weighted by molar-refractivity contribution is 5.92. The van der Waals surface area contributed by atoms with Crippen LogP contribution in [0, 0.1) is 0 Å². The van der Waals surface area contributed by atoms with Crippen molar-refractivity contribution in [3.8, 4) is 11.5 Å². The van der Waals surface area contributed by atoms with E-state index in [9.17, 15) is 14.4 Å². The van der Waals surface area contributed by atoms with E-state index in [1.807, 2.05) is 13.8 Å². The van der Waals surface area contributed by atoms with Crippen LogP contribution >= 0.6 is 0 Å². The van der Waals surface area contributed by atoms with Gasteiger partial charge in [0.1, 0.15) is 0 Å². The van der Waals surface area contributed by atoms with Gasteiger partial charge in [-0.15, -0.1) is 0 Å². The minimum absolute atomic E-state index is 0.226. The number of hydrazine groups is 1. The van der Waals surface area contributed by atoms with Crippen LogP contribution in [-0.4, -0.2) is 37.6 Å². The van der Waals surface area contributed by atoms with Crippen LogP contribution in [0.1, 0.15) is 31.1 Å². The maximum atomic E-state index is 11.9. The predicted molar refractivity (Wildman–Crippen MR) is 81.0 cm³/mol. The van der Waals surface area contributed by atoms with Gasteiger partial charge in [0.15, 0.2) is 18.1 Å². The lowest BCUT2D eigenvalue weighted by molar-refractivity contribution is -0.129. The van der Waals surface area contributed by atoms with Crippen LogP contribution in [0.3, 0.4) is 0 Å². The molecule has 2 amide bonds. The fourth-order valence-corrected chi connectivity index (χ4v) is 1.59. The average molecular weight is 324 g/mol. The van der Waals surface area contributed by atoms with Crippen molar-refractivity contribution in [2.45, 2.75) is 20.8 Å². The van der Waals surface area contributed by atoms with Gasteiger partial charge in [0.25, 0.3) is 5.91 Å². The summed E-state index contributed by atoms with van der Waals surface area (Å²) < 4.78 is 15.7. The first-order valence-electron chi connectivity index (χ1n) is 7.10. The average Bonchev–Trinajstić information content (AvgIpc) is 2.52. The number of benzene rings is 1. The molecule has 0 aliphatic heterocycles. The van der Waals surface area contributed by atoms with Gasteiger partial charge in [0.2, 0.25) is 5.91 Å². The lowest BCUT2D eigenvalue weighted by Crippen LogP contribution is -2.42. The number of hydrogen-bond acceptors (Lipinski definition) is 6. The molecule has 1 rings (SSSR count). The molecule has 0 aliphatic carbocycles. The van der Waals surface area contributed by atoms with E-state index in [0.29, 0.717) is 24.7 Å². The van der Waals surface area contributed by atoms with Crippen molar-refractivity contribution in [3.05, 3.63) is 23.8 Å². The Morgan fingerprint density at radius 3 is 2.26 bits per heavy atom. The number of nitrogens with one attached hydrogen (secondary N) is 2. The van der Waals surface area contributed by atoms with Crippen molar-refractivity contribution in [1.82, 2.24) is 10.9 Å². The molecule has 126 valence electrons. The first-order chi connectivity index (χ1) is 11.0. The minimum atomic E-state index is -0.688. The molecule has 0 saturated carbocycles. The largest absolute Gasteiger partial charge is 0.490 e. The van der Waals surface area contributed by atoms with Crippen molar-refractivity contribution >= 4 is 17.8 Å². The molecule has 0 atom stereocenters. The fourth-order valence-electron chi connectivity index (χ4n) is 1.59. The molecule has 1 aromatic carbocycles. The van der Waals surface area contributed by atoms with E-state index in [4.69, 9.17) is 14.2 Å². The van der Waals surface area contributed by atoms with Gasteiger partial charge in [0, 0.05) is 6.92 Å². The third kappa shape index (κ3) is 6.25. The van der Waals surface area contributed by atoms with Gasteiger partial charge in [-0.3, -0.25) is 20.4 Å². The molecule has 23 heavy (non-hydrogen) atoms. The molecular formula is C15H20N2O6. The van der Waals surface area contributed by atoms with Crippen molar-refractivity contribution < 1.29 is 28.6 Å². The maximum Gasteiger partial charge on any atom is 0.338 e. The second-order valence-electron chi connectivity index (χ2n) is 4.33. The number of amides is 2. The molecule has 0 unspecified atom stereocenters. The zero-order valence-electron chi connectivity index (χ0n) is 13.3. The van der Waals surface area contributed by atoms with Crippen molar-refractivity contribution in [2.24, 2.45) is 0 Å². The molecule has 0 radical (unpaired) electrons. The zero-order chi connectivity index (χ0) is 17.2. The Bertz CT molecular complexity index is 573. The van der Waals surface area contributed by atoms with Crippen molar-refractivity contribution in [1.29, 1.82) is 0 Å². The third-order valence-corrected chi connectivity index (χ3v) is 2.49. The van der Waals surface area contributed by atoms with Crippen LogP contribution in [0.2, 0.25) is 0 Å². The Kier molecular flexibility index (Phi) is 7.38. The van der Waals surface area contributed by atoms with Crippen molar-refractivity contribution in [3.63, 3.8) is 0 Å². The molecule has 8 heteroatoms. The summed E-state index contributed by atoms with van der Waals surface area (Å²) in [5, 5.41) is 0. The molecule has 0 spiro atoms. The molecule has 0 fully saturated rings. The summed E-state index contributed by atoms with van der Waals surface area (Å²) in [6, 6.07) is 4.60. The number of carbonyl (C=O) groups is 3. The molecule has 0 aliphatic rings. The van der Waals surface area contributed by atoms with E-state index < -0.39 is 24.4 Å². The van der Waals surface area contributed by atoms with Crippen LogP contribution < -0.4 is 20.3 Å². The van der Waals surface area contributed by atoms with E-state index in [1.54, 1.807) is 6.07 Å². The van der Waals surface area contributed by atoms with Gasteiger partial charge in [-0.25, -0.2) is 4.79 Å². The zero-order valence-corrected chi connectivity index (χ0v) is 13.3. The van der Waals surface area contributed by atoms with Crippen LogP contribution in [-0.2, 0) is 14.3 Å². The fraction of sp³-hybridized carbons (Fsp3) is 0.400. The first-order valence-corrected chi connectivity index (χ1v) is 7.10. The smallest absolute Gasteiger partial charge is 0.338 e. The monoisotopic (exact) mass is 324 g/mol. The summed E-state index contributed by atoms with van der Waals surface area (Å²) in [5.41, 5.74) is 4.40. The summed E-state index contributed by atoms with van der Waals surface area (Å²) in [6.07, 6.45) is 0. The van der Waals surface area contributed by atoms with E-state index in [1.165, 1.54) is 19.1 Å². The van der Waals surface area contributed by atoms with Crippen LogP contribution in [0.5, 0.6) is 11.5 Å². The minimum Gasteiger partial charge on any atom is -0.490 e. The summed E-state index contributed by atoms with van der Waals surface area (Å²) in [7, 11) is 0. The van der Waals surface area contributed by atoms with E-state index in [2.05, 4.69) is 10.9 Å². The molecule has 8 nitrogen and oxygen atoms in total. The highest BCUT2D eigenvalue weighted by Crippen LogP contribution is 2.28. The van der Waals surface area contributed by atoms with E-state index in [0.717, 1.165) is 0 Å². The van der Waals surface area contributed by atoms with Gasteiger partial charge in [-0.1, -0.05) is 0 Å². The highest BCUT2D eigenvalue weighted by Gasteiger charge is 2.14. The summed E-state index contributed by atoms with van der Waals surface area (Å²) in [4.78, 5) is 33.9. The van der Waals surface area contributed by atoms with Crippen LogP contribution in [0.15, 0.2) is 18.2 Å². The standard InChI is InChI=1S/C15H20N2O6/c1-4-21-12-7-6-11(8-13(12)22-5-2)15(20)23-9-14(19)17-16-10(3)18/h6-8H,4-5,9H2,1-3H3,(H,16,18)(H,17,19). The van der Waals surface area contributed by atoms with Crippen LogP contribution in [0.4, 0.5) is 0 Å². The van der Waals surface area contributed by atoms with E-state index in [-0.39, 0.29) is 5.56 Å². The van der Waals surface area contributed by atoms with Gasteiger partial charge >= 0.3 is 5.97 Å². The molecule has 1 aromatic rings. The quantitative estimate of drug-likeness (QED) is 0.568. The lowest BCUT2D eigenvalue weighted by Gasteiger charge is -2.12. The Hall–Kier alpha value is -2.77. The van der Waals surface area contributed by atoms with E-state index >= 15 is 0 Å². The summed E-state index contributed by atoms with van der Waals surface area (Å²) >= 11 is 0. The number of hydrogen-bond donors (Lipinski definition) is 2. The molecule has 0 saturated heterocycles. The van der Waals surface area contributed by atoms with Gasteiger partial charge in [0.05, 0.1) is 18.8 Å². The number of esters is 1. The second-order valence-corrected chi connectivity index (χ2v) is 4.33. The lowest BCUT2D eigenvalue weighted by atomic mass is 10.2. The summed E-state index contributed by atoms with van der Waals surface area (Å²) in [6.45, 7) is 5.25. The predicted octanol–water partition coefficient (Wildman–Crippen LogP) is 0.808. The maximum absolute atomic E-state index is 11.9. The Morgan fingerprint density at radius 2 is 1.65 bits per heavy atom. The molecule has 0 heterocycles. The molecule has 2 N–H and O–H groups in total. The summed E-state index contributed by atoms with van der Waals surface area (Å²) in [5.74, 6) is -0.824. The van der Waals surface area contributed by atoms with Crippen molar-refractivity contribution in [2.75, 3.05) is 19.8 Å².